The third-order valence-electron chi connectivity index (χ3n) is 1.87. The van der Waals surface area contributed by atoms with E-state index in [0.717, 1.165) is 16.7 Å². The van der Waals surface area contributed by atoms with Crippen LogP contribution in [0.1, 0.15) is 28.4 Å². The lowest BCUT2D eigenvalue weighted by atomic mass is 10.0. The molecule has 0 aliphatic carbocycles. The van der Waals surface area contributed by atoms with Crippen molar-refractivity contribution in [2.45, 2.75) is 20.8 Å². The topological polar surface area (TPSA) is 17.1 Å². The number of hydrogen-bond donors (Lipinski definition) is 0. The van der Waals surface area contributed by atoms with Crippen LogP contribution >= 0.6 is 0 Å². The molecule has 1 nitrogen and oxygen atoms in total. The van der Waals surface area contributed by atoms with E-state index in [0.29, 0.717) is 5.57 Å². The lowest BCUT2D eigenvalue weighted by Gasteiger charge is -2.03. The standard InChI is InChI=1S/C12H14O/c1-8(2)12(13)11-6-9(3)5-10(4)7-11/h5-7H,1H2,2-4H3. The van der Waals surface area contributed by atoms with Gasteiger partial charge in [0.25, 0.3) is 0 Å². The minimum Gasteiger partial charge on any atom is -0.289 e. The first-order chi connectivity index (χ1) is 6.00. The fraction of sp³-hybridized carbons (Fsp3) is 0.250. The van der Waals surface area contributed by atoms with E-state index in [2.05, 4.69) is 12.6 Å². The molecule has 68 valence electrons. The molecule has 13 heavy (non-hydrogen) atoms. The molecule has 0 spiro atoms. The molecule has 0 aromatic heterocycles. The summed E-state index contributed by atoms with van der Waals surface area (Å²) in [6.07, 6.45) is 0. The predicted molar refractivity (Wildman–Crippen MR) is 55.1 cm³/mol. The molecule has 0 unspecified atom stereocenters. The number of carbonyl (C=O) groups is 1. The molecule has 1 heteroatoms. The summed E-state index contributed by atoms with van der Waals surface area (Å²) >= 11 is 0. The van der Waals surface area contributed by atoms with Crippen molar-refractivity contribution in [1.82, 2.24) is 0 Å². The van der Waals surface area contributed by atoms with E-state index in [4.69, 9.17) is 0 Å². The van der Waals surface area contributed by atoms with Crippen molar-refractivity contribution in [3.8, 4) is 0 Å². The predicted octanol–water partition coefficient (Wildman–Crippen LogP) is 3.06. The molecule has 0 radical (unpaired) electrons. The second-order valence-corrected chi connectivity index (χ2v) is 3.49. The molecule has 0 N–H and O–H groups in total. The Bertz CT molecular complexity index is 341. The maximum Gasteiger partial charge on any atom is 0.188 e. The zero-order valence-electron chi connectivity index (χ0n) is 8.35. The highest BCUT2D eigenvalue weighted by Crippen LogP contribution is 2.12. The Labute approximate surface area is 79.1 Å². The Balaban J connectivity index is 3.15. The second kappa shape index (κ2) is 3.56. The molecule has 0 bridgehead atoms. The summed E-state index contributed by atoms with van der Waals surface area (Å²) in [6, 6.07) is 5.84. The molecule has 1 rings (SSSR count). The highest BCUT2D eigenvalue weighted by Gasteiger charge is 2.06. The Morgan fingerprint density at radius 2 is 1.62 bits per heavy atom. The molecule has 0 saturated carbocycles. The number of carbonyl (C=O) groups excluding carboxylic acids is 1. The van der Waals surface area contributed by atoms with Crippen LogP contribution < -0.4 is 0 Å². The van der Waals surface area contributed by atoms with E-state index in [-0.39, 0.29) is 5.78 Å². The smallest absolute Gasteiger partial charge is 0.188 e. The van der Waals surface area contributed by atoms with Gasteiger partial charge in [-0.1, -0.05) is 23.8 Å². The van der Waals surface area contributed by atoms with Gasteiger partial charge in [0.05, 0.1) is 0 Å². The summed E-state index contributed by atoms with van der Waals surface area (Å²) in [5.41, 5.74) is 3.56. The van der Waals surface area contributed by atoms with E-state index in [9.17, 15) is 4.79 Å². The molecule has 0 aliphatic rings. The molecular weight excluding hydrogens is 160 g/mol. The quantitative estimate of drug-likeness (QED) is 0.497. The number of aryl methyl sites for hydroxylation is 2. The first kappa shape index (κ1) is 9.72. The summed E-state index contributed by atoms with van der Waals surface area (Å²) in [4.78, 5) is 11.5. The largest absolute Gasteiger partial charge is 0.289 e. The lowest BCUT2D eigenvalue weighted by Crippen LogP contribution is -2.00. The van der Waals surface area contributed by atoms with E-state index in [1.807, 2.05) is 26.0 Å². The van der Waals surface area contributed by atoms with Crippen molar-refractivity contribution in [2.75, 3.05) is 0 Å². The van der Waals surface area contributed by atoms with Crippen molar-refractivity contribution in [3.63, 3.8) is 0 Å². The van der Waals surface area contributed by atoms with Crippen LogP contribution in [0.3, 0.4) is 0 Å². The summed E-state index contributed by atoms with van der Waals surface area (Å²) in [5, 5.41) is 0. The average Bonchev–Trinajstić information content (AvgIpc) is 2.01. The van der Waals surface area contributed by atoms with Gasteiger partial charge < -0.3 is 0 Å². The summed E-state index contributed by atoms with van der Waals surface area (Å²) in [5.74, 6) is 0.0341. The van der Waals surface area contributed by atoms with Crippen molar-refractivity contribution >= 4 is 5.78 Å². The van der Waals surface area contributed by atoms with Gasteiger partial charge in [0.2, 0.25) is 0 Å². The van der Waals surface area contributed by atoms with Crippen LogP contribution in [-0.2, 0) is 0 Å². The second-order valence-electron chi connectivity index (χ2n) is 3.49. The maximum atomic E-state index is 11.5. The van der Waals surface area contributed by atoms with Crippen LogP contribution in [0.15, 0.2) is 30.4 Å². The van der Waals surface area contributed by atoms with Gasteiger partial charge in [-0.05, 0) is 38.5 Å². The Hall–Kier alpha value is -1.37. The van der Waals surface area contributed by atoms with Gasteiger partial charge in [-0.25, -0.2) is 0 Å². The van der Waals surface area contributed by atoms with E-state index < -0.39 is 0 Å². The summed E-state index contributed by atoms with van der Waals surface area (Å²) in [7, 11) is 0. The first-order valence-electron chi connectivity index (χ1n) is 4.29. The SMILES string of the molecule is C=C(C)C(=O)c1cc(C)cc(C)c1. The van der Waals surface area contributed by atoms with Crippen molar-refractivity contribution in [2.24, 2.45) is 0 Å². The highest BCUT2D eigenvalue weighted by atomic mass is 16.1. The number of Topliss-reactive ketones (excluding diaryl/α,β-unsaturated/α-hetero) is 1. The highest BCUT2D eigenvalue weighted by molar-refractivity contribution is 6.08. The molecular formula is C12H14O. The molecule has 1 aromatic carbocycles. The number of rotatable bonds is 2. The summed E-state index contributed by atoms with van der Waals surface area (Å²) < 4.78 is 0. The number of ketones is 1. The molecule has 0 amide bonds. The van der Waals surface area contributed by atoms with Crippen LogP contribution in [0.25, 0.3) is 0 Å². The van der Waals surface area contributed by atoms with Gasteiger partial charge in [-0.2, -0.15) is 0 Å². The lowest BCUT2D eigenvalue weighted by molar-refractivity contribution is 0.103. The van der Waals surface area contributed by atoms with E-state index in [1.54, 1.807) is 6.92 Å². The molecule has 0 atom stereocenters. The number of hydrogen-bond acceptors (Lipinski definition) is 1. The Morgan fingerprint density at radius 1 is 1.15 bits per heavy atom. The molecule has 1 aromatic rings. The molecule has 0 fully saturated rings. The van der Waals surface area contributed by atoms with Gasteiger partial charge in [-0.3, -0.25) is 4.79 Å². The van der Waals surface area contributed by atoms with E-state index >= 15 is 0 Å². The van der Waals surface area contributed by atoms with E-state index in [1.165, 1.54) is 0 Å². The zero-order valence-corrected chi connectivity index (χ0v) is 8.35. The average molecular weight is 174 g/mol. The van der Waals surface area contributed by atoms with Gasteiger partial charge in [-0.15, -0.1) is 0 Å². The third-order valence-corrected chi connectivity index (χ3v) is 1.87. The van der Waals surface area contributed by atoms with Crippen LogP contribution in [0.5, 0.6) is 0 Å². The third kappa shape index (κ3) is 2.28. The minimum absolute atomic E-state index is 0.0341. The Morgan fingerprint density at radius 3 is 2.00 bits per heavy atom. The molecule has 0 saturated heterocycles. The van der Waals surface area contributed by atoms with Gasteiger partial charge >= 0.3 is 0 Å². The van der Waals surface area contributed by atoms with Crippen LogP contribution in [0.2, 0.25) is 0 Å². The fourth-order valence-corrected chi connectivity index (χ4v) is 1.35. The Kier molecular flexibility index (Phi) is 2.66. The maximum absolute atomic E-state index is 11.5. The monoisotopic (exact) mass is 174 g/mol. The van der Waals surface area contributed by atoms with Crippen molar-refractivity contribution in [3.05, 3.63) is 47.0 Å². The van der Waals surface area contributed by atoms with Crippen molar-refractivity contribution < 1.29 is 4.79 Å². The molecule has 0 aliphatic heterocycles. The van der Waals surface area contributed by atoms with Gasteiger partial charge in [0.15, 0.2) is 5.78 Å². The zero-order chi connectivity index (χ0) is 10.0. The van der Waals surface area contributed by atoms with Crippen LogP contribution in [0, 0.1) is 13.8 Å². The number of benzene rings is 1. The van der Waals surface area contributed by atoms with Crippen LogP contribution in [-0.4, -0.2) is 5.78 Å². The number of allylic oxidation sites excluding steroid dienone is 1. The molecule has 0 heterocycles. The van der Waals surface area contributed by atoms with Gasteiger partial charge in [0, 0.05) is 5.56 Å². The summed E-state index contributed by atoms with van der Waals surface area (Å²) in [6.45, 7) is 9.35. The van der Waals surface area contributed by atoms with Crippen molar-refractivity contribution in [1.29, 1.82) is 0 Å². The fourth-order valence-electron chi connectivity index (χ4n) is 1.35. The van der Waals surface area contributed by atoms with Crippen LogP contribution in [0.4, 0.5) is 0 Å². The minimum atomic E-state index is 0.0341. The normalized spacial score (nSPS) is 9.77. The first-order valence-corrected chi connectivity index (χ1v) is 4.29. The van der Waals surface area contributed by atoms with Gasteiger partial charge in [0.1, 0.15) is 0 Å².